The number of carbonyl (C=O) groups is 1. The van der Waals surface area contributed by atoms with Crippen molar-refractivity contribution in [2.75, 3.05) is 13.7 Å². The highest BCUT2D eigenvalue weighted by Crippen LogP contribution is 2.24. The van der Waals surface area contributed by atoms with Crippen LogP contribution in [-0.2, 0) is 9.53 Å². The summed E-state index contributed by atoms with van der Waals surface area (Å²) in [6.45, 7) is 11.9. The fraction of sp³-hybridized carbons (Fsp3) is 0.929. The molecule has 0 radical (unpaired) electrons. The average Bonchev–Trinajstić information content (AvgIpc) is 2.26. The summed E-state index contributed by atoms with van der Waals surface area (Å²) in [7, 11) is 1.45. The molecule has 3 heteroatoms. The Labute approximate surface area is 106 Å². The van der Waals surface area contributed by atoms with E-state index >= 15 is 0 Å². The Bertz CT molecular complexity index is 221. The van der Waals surface area contributed by atoms with E-state index in [2.05, 4.69) is 39.9 Å². The molecular weight excluding hydrogens is 214 g/mol. The van der Waals surface area contributed by atoms with Gasteiger partial charge in [0.05, 0.1) is 7.11 Å². The lowest BCUT2D eigenvalue weighted by Crippen LogP contribution is -2.41. The predicted molar refractivity (Wildman–Crippen MR) is 72.0 cm³/mol. The summed E-state index contributed by atoms with van der Waals surface area (Å²) in [5.74, 6) is 0.385. The molecule has 0 aromatic rings. The van der Waals surface area contributed by atoms with Crippen LogP contribution in [0.3, 0.4) is 0 Å². The normalized spacial score (nSPS) is 15.4. The van der Waals surface area contributed by atoms with E-state index < -0.39 is 0 Å². The van der Waals surface area contributed by atoms with Crippen LogP contribution in [0.5, 0.6) is 0 Å². The van der Waals surface area contributed by atoms with Gasteiger partial charge in [0.15, 0.2) is 0 Å². The van der Waals surface area contributed by atoms with Crippen LogP contribution < -0.4 is 5.32 Å². The minimum atomic E-state index is -0.148. The van der Waals surface area contributed by atoms with E-state index in [9.17, 15) is 4.79 Å². The van der Waals surface area contributed by atoms with Gasteiger partial charge in [-0.2, -0.15) is 0 Å². The van der Waals surface area contributed by atoms with Gasteiger partial charge in [0.25, 0.3) is 0 Å². The number of unbranched alkanes of at least 4 members (excludes halogenated alkanes) is 1. The van der Waals surface area contributed by atoms with Crippen molar-refractivity contribution in [3.05, 3.63) is 0 Å². The second kappa shape index (κ2) is 7.70. The summed E-state index contributed by atoms with van der Waals surface area (Å²) in [5.41, 5.74) is 0.262. The molecule has 0 aliphatic rings. The topological polar surface area (TPSA) is 38.3 Å². The first-order chi connectivity index (χ1) is 7.82. The fourth-order valence-corrected chi connectivity index (χ4v) is 1.48. The second-order valence-corrected chi connectivity index (χ2v) is 5.89. The summed E-state index contributed by atoms with van der Waals surface area (Å²) in [5, 5.41) is 3.34. The number of ether oxygens (including phenoxy) is 1. The minimum absolute atomic E-state index is 0.139. The smallest absolute Gasteiger partial charge is 0.322 e. The molecule has 0 heterocycles. The third kappa shape index (κ3) is 6.67. The average molecular weight is 243 g/mol. The van der Waals surface area contributed by atoms with Crippen LogP contribution in [0, 0.1) is 11.3 Å². The molecule has 0 aromatic carbocycles. The van der Waals surface area contributed by atoms with Crippen molar-refractivity contribution in [1.82, 2.24) is 5.32 Å². The van der Waals surface area contributed by atoms with E-state index in [1.54, 1.807) is 0 Å². The van der Waals surface area contributed by atoms with Crippen LogP contribution in [-0.4, -0.2) is 25.7 Å². The van der Waals surface area contributed by atoms with Crippen molar-refractivity contribution in [3.63, 3.8) is 0 Å². The zero-order valence-electron chi connectivity index (χ0n) is 12.3. The van der Waals surface area contributed by atoms with Crippen molar-refractivity contribution < 1.29 is 9.53 Å². The molecule has 0 spiro atoms. The molecule has 0 aliphatic heterocycles. The van der Waals surface area contributed by atoms with Crippen molar-refractivity contribution in [2.24, 2.45) is 11.3 Å². The monoisotopic (exact) mass is 243 g/mol. The molecule has 0 aromatic heterocycles. The second-order valence-electron chi connectivity index (χ2n) is 5.89. The molecule has 0 rings (SSSR count). The van der Waals surface area contributed by atoms with Crippen LogP contribution in [0.2, 0.25) is 0 Å². The summed E-state index contributed by atoms with van der Waals surface area (Å²) in [4.78, 5) is 11.6. The first kappa shape index (κ1) is 16.4. The molecule has 17 heavy (non-hydrogen) atoms. The number of nitrogens with one attached hydrogen (secondary N) is 1. The highest BCUT2D eigenvalue weighted by atomic mass is 16.5. The zero-order valence-corrected chi connectivity index (χ0v) is 12.3. The van der Waals surface area contributed by atoms with Gasteiger partial charge in [-0.1, -0.05) is 47.5 Å². The lowest BCUT2D eigenvalue weighted by molar-refractivity contribution is -0.143. The quantitative estimate of drug-likeness (QED) is 0.699. The number of hydrogen-bond acceptors (Lipinski definition) is 3. The first-order valence-electron chi connectivity index (χ1n) is 6.64. The Morgan fingerprint density at radius 2 is 1.94 bits per heavy atom. The third-order valence-electron chi connectivity index (χ3n) is 3.48. The van der Waals surface area contributed by atoms with E-state index in [0.29, 0.717) is 5.92 Å². The largest absolute Gasteiger partial charge is 0.468 e. The SMILES string of the molecule is CCCCC(NCC(C)C(C)(C)C)C(=O)OC. The van der Waals surface area contributed by atoms with Gasteiger partial charge in [0.1, 0.15) is 6.04 Å². The molecule has 0 saturated heterocycles. The maximum Gasteiger partial charge on any atom is 0.322 e. The maximum absolute atomic E-state index is 11.6. The molecule has 0 bridgehead atoms. The first-order valence-corrected chi connectivity index (χ1v) is 6.64. The number of carbonyl (C=O) groups excluding carboxylic acids is 1. The molecule has 0 fully saturated rings. The summed E-state index contributed by atoms with van der Waals surface area (Å²) in [6.07, 6.45) is 3.01. The molecule has 0 aliphatic carbocycles. The highest BCUT2D eigenvalue weighted by molar-refractivity contribution is 5.75. The molecule has 3 nitrogen and oxygen atoms in total. The van der Waals surface area contributed by atoms with Gasteiger partial charge < -0.3 is 10.1 Å². The highest BCUT2D eigenvalue weighted by Gasteiger charge is 2.23. The standard InChI is InChI=1S/C14H29NO2/c1-7-8-9-12(13(16)17-6)15-10-11(2)14(3,4)5/h11-12,15H,7-10H2,1-6H3. The Kier molecular flexibility index (Phi) is 7.44. The molecule has 0 amide bonds. The Morgan fingerprint density at radius 1 is 1.35 bits per heavy atom. The van der Waals surface area contributed by atoms with Crippen molar-refractivity contribution in [3.8, 4) is 0 Å². The van der Waals surface area contributed by atoms with E-state index in [1.807, 2.05) is 0 Å². The molecule has 2 unspecified atom stereocenters. The Hall–Kier alpha value is -0.570. The minimum Gasteiger partial charge on any atom is -0.468 e. The third-order valence-corrected chi connectivity index (χ3v) is 3.48. The van der Waals surface area contributed by atoms with Crippen molar-refractivity contribution in [2.45, 2.75) is 59.9 Å². The van der Waals surface area contributed by atoms with E-state index in [0.717, 1.165) is 25.8 Å². The van der Waals surface area contributed by atoms with Crippen LogP contribution in [0.1, 0.15) is 53.9 Å². The van der Waals surface area contributed by atoms with Gasteiger partial charge in [0.2, 0.25) is 0 Å². The van der Waals surface area contributed by atoms with Crippen LogP contribution in [0.15, 0.2) is 0 Å². The van der Waals surface area contributed by atoms with E-state index in [4.69, 9.17) is 4.74 Å². The molecule has 2 atom stereocenters. The van der Waals surface area contributed by atoms with Gasteiger partial charge in [-0.15, -0.1) is 0 Å². The number of rotatable bonds is 7. The number of hydrogen-bond donors (Lipinski definition) is 1. The lowest BCUT2D eigenvalue weighted by atomic mass is 9.82. The van der Waals surface area contributed by atoms with Gasteiger partial charge in [0, 0.05) is 0 Å². The molecule has 0 saturated carbocycles. The molecule has 1 N–H and O–H groups in total. The maximum atomic E-state index is 11.6. The summed E-state index contributed by atoms with van der Waals surface area (Å²) >= 11 is 0. The zero-order chi connectivity index (χ0) is 13.5. The van der Waals surface area contributed by atoms with Crippen LogP contribution in [0.25, 0.3) is 0 Å². The lowest BCUT2D eigenvalue weighted by Gasteiger charge is -2.29. The molecule has 102 valence electrons. The van der Waals surface area contributed by atoms with E-state index in [1.165, 1.54) is 7.11 Å². The molecular formula is C14H29NO2. The number of methoxy groups -OCH3 is 1. The Balaban J connectivity index is 4.20. The van der Waals surface area contributed by atoms with Crippen molar-refractivity contribution >= 4 is 5.97 Å². The predicted octanol–water partition coefficient (Wildman–Crippen LogP) is 2.99. The van der Waals surface area contributed by atoms with Gasteiger partial charge >= 0.3 is 5.97 Å². The van der Waals surface area contributed by atoms with Crippen LogP contribution in [0.4, 0.5) is 0 Å². The van der Waals surface area contributed by atoms with Gasteiger partial charge in [-0.25, -0.2) is 0 Å². The van der Waals surface area contributed by atoms with Crippen molar-refractivity contribution in [1.29, 1.82) is 0 Å². The van der Waals surface area contributed by atoms with Gasteiger partial charge in [-0.05, 0) is 24.3 Å². The van der Waals surface area contributed by atoms with Crippen LogP contribution >= 0.6 is 0 Å². The Morgan fingerprint density at radius 3 is 2.35 bits per heavy atom. The van der Waals surface area contributed by atoms with Gasteiger partial charge in [-0.3, -0.25) is 4.79 Å². The van der Waals surface area contributed by atoms with E-state index in [-0.39, 0.29) is 17.4 Å². The summed E-state index contributed by atoms with van der Waals surface area (Å²) < 4.78 is 4.83. The summed E-state index contributed by atoms with van der Waals surface area (Å²) in [6, 6.07) is -0.148. The number of esters is 1. The fourth-order valence-electron chi connectivity index (χ4n) is 1.48.